The van der Waals surface area contributed by atoms with Gasteiger partial charge in [0.15, 0.2) is 9.84 Å². The van der Waals surface area contributed by atoms with Crippen LogP contribution in [0.4, 0.5) is 0 Å². The van der Waals surface area contributed by atoms with Gasteiger partial charge in [0.1, 0.15) is 11.6 Å². The SMILES string of the molecule is Cc1ccsc1C=C(C#N)C(=O)NC1CCS(=O)(=O)C1. The second kappa shape index (κ2) is 5.77. The molecular weight excluding hydrogens is 296 g/mol. The van der Waals surface area contributed by atoms with Crippen LogP contribution in [0.15, 0.2) is 17.0 Å². The molecule has 0 radical (unpaired) electrons. The van der Waals surface area contributed by atoms with Crippen LogP contribution in [0.5, 0.6) is 0 Å². The lowest BCUT2D eigenvalue weighted by molar-refractivity contribution is -0.117. The third-order valence-corrected chi connectivity index (χ3v) is 5.84. The van der Waals surface area contributed by atoms with E-state index >= 15 is 0 Å². The van der Waals surface area contributed by atoms with Gasteiger partial charge in [-0.15, -0.1) is 11.3 Å². The Morgan fingerprint density at radius 2 is 2.35 bits per heavy atom. The molecular formula is C13H14N2O3S2. The van der Waals surface area contributed by atoms with Gasteiger partial charge in [0.05, 0.1) is 11.5 Å². The zero-order valence-electron chi connectivity index (χ0n) is 10.9. The first-order chi connectivity index (χ1) is 9.41. The first-order valence-corrected chi connectivity index (χ1v) is 8.78. The van der Waals surface area contributed by atoms with E-state index in [1.807, 2.05) is 24.4 Å². The van der Waals surface area contributed by atoms with E-state index in [1.54, 1.807) is 6.08 Å². The fraction of sp³-hybridized carbons (Fsp3) is 0.385. The zero-order chi connectivity index (χ0) is 14.8. The minimum absolute atomic E-state index is 0.000141. The molecule has 2 rings (SSSR count). The summed E-state index contributed by atoms with van der Waals surface area (Å²) in [5.74, 6) is -0.467. The minimum atomic E-state index is -3.05. The van der Waals surface area contributed by atoms with Crippen molar-refractivity contribution in [2.45, 2.75) is 19.4 Å². The monoisotopic (exact) mass is 310 g/mol. The van der Waals surface area contributed by atoms with Crippen molar-refractivity contribution in [2.24, 2.45) is 0 Å². The minimum Gasteiger partial charge on any atom is -0.348 e. The number of nitriles is 1. The van der Waals surface area contributed by atoms with Crippen LogP contribution >= 0.6 is 11.3 Å². The van der Waals surface area contributed by atoms with Crippen LogP contribution in [0.3, 0.4) is 0 Å². The van der Waals surface area contributed by atoms with Crippen LogP contribution in [-0.4, -0.2) is 31.9 Å². The highest BCUT2D eigenvalue weighted by atomic mass is 32.2. The van der Waals surface area contributed by atoms with E-state index in [9.17, 15) is 13.2 Å². The smallest absolute Gasteiger partial charge is 0.262 e. The number of amides is 1. The van der Waals surface area contributed by atoms with Crippen LogP contribution in [-0.2, 0) is 14.6 Å². The summed E-state index contributed by atoms with van der Waals surface area (Å²) in [6.45, 7) is 1.90. The summed E-state index contributed by atoms with van der Waals surface area (Å²) >= 11 is 1.45. The van der Waals surface area contributed by atoms with Gasteiger partial charge in [0, 0.05) is 10.9 Å². The Hall–Kier alpha value is -1.65. The highest BCUT2D eigenvalue weighted by Crippen LogP contribution is 2.19. The molecule has 1 N–H and O–H groups in total. The van der Waals surface area contributed by atoms with Crippen molar-refractivity contribution in [3.8, 4) is 6.07 Å². The largest absolute Gasteiger partial charge is 0.348 e. The highest BCUT2D eigenvalue weighted by molar-refractivity contribution is 7.91. The molecule has 106 valence electrons. The van der Waals surface area contributed by atoms with Crippen LogP contribution in [0.25, 0.3) is 6.08 Å². The van der Waals surface area contributed by atoms with Gasteiger partial charge in [-0.2, -0.15) is 5.26 Å². The van der Waals surface area contributed by atoms with Crippen molar-refractivity contribution in [1.29, 1.82) is 5.26 Å². The number of carbonyl (C=O) groups excluding carboxylic acids is 1. The van der Waals surface area contributed by atoms with Crippen LogP contribution in [0.2, 0.25) is 0 Å². The van der Waals surface area contributed by atoms with E-state index in [4.69, 9.17) is 5.26 Å². The van der Waals surface area contributed by atoms with Gasteiger partial charge in [-0.25, -0.2) is 8.42 Å². The molecule has 7 heteroatoms. The van der Waals surface area contributed by atoms with Crippen molar-refractivity contribution in [3.05, 3.63) is 27.5 Å². The number of aryl methyl sites for hydroxylation is 1. The number of nitrogens with zero attached hydrogens (tertiary/aromatic N) is 1. The molecule has 1 amide bonds. The van der Waals surface area contributed by atoms with Gasteiger partial charge in [-0.05, 0) is 36.4 Å². The number of carbonyl (C=O) groups is 1. The molecule has 5 nitrogen and oxygen atoms in total. The molecule has 0 bridgehead atoms. The zero-order valence-corrected chi connectivity index (χ0v) is 12.6. The molecule has 20 heavy (non-hydrogen) atoms. The number of thiophene rings is 1. The van der Waals surface area contributed by atoms with Gasteiger partial charge in [0.2, 0.25) is 0 Å². The molecule has 1 fully saturated rings. The topological polar surface area (TPSA) is 87.0 Å². The number of rotatable bonds is 3. The molecule has 0 aromatic carbocycles. The van der Waals surface area contributed by atoms with E-state index in [0.717, 1.165) is 10.4 Å². The summed E-state index contributed by atoms with van der Waals surface area (Å²) in [5, 5.41) is 13.6. The Bertz CT molecular complexity index is 695. The molecule has 1 saturated heterocycles. The lowest BCUT2D eigenvalue weighted by Gasteiger charge is -2.09. The summed E-state index contributed by atoms with van der Waals surface area (Å²) in [4.78, 5) is 12.8. The maximum absolute atomic E-state index is 12.0. The van der Waals surface area contributed by atoms with Gasteiger partial charge in [-0.1, -0.05) is 0 Å². The predicted molar refractivity (Wildman–Crippen MR) is 77.8 cm³/mol. The first-order valence-electron chi connectivity index (χ1n) is 6.08. The van der Waals surface area contributed by atoms with Gasteiger partial charge in [-0.3, -0.25) is 4.79 Å². The fourth-order valence-corrected chi connectivity index (χ4v) is 4.52. The summed E-state index contributed by atoms with van der Waals surface area (Å²) < 4.78 is 22.7. The van der Waals surface area contributed by atoms with Crippen LogP contribution in [0.1, 0.15) is 16.9 Å². The van der Waals surface area contributed by atoms with Crippen molar-refractivity contribution in [2.75, 3.05) is 11.5 Å². The van der Waals surface area contributed by atoms with Crippen molar-refractivity contribution in [1.82, 2.24) is 5.32 Å². The number of sulfone groups is 1. The van der Waals surface area contributed by atoms with E-state index in [-0.39, 0.29) is 17.1 Å². The average Bonchev–Trinajstić information content (AvgIpc) is 2.92. The molecule has 0 spiro atoms. The second-order valence-corrected chi connectivity index (χ2v) is 7.89. The van der Waals surface area contributed by atoms with Crippen molar-refractivity contribution < 1.29 is 13.2 Å². The van der Waals surface area contributed by atoms with Crippen molar-refractivity contribution in [3.63, 3.8) is 0 Å². The van der Waals surface area contributed by atoms with E-state index < -0.39 is 21.8 Å². The number of nitrogens with one attached hydrogen (secondary N) is 1. The summed E-state index contributed by atoms with van der Waals surface area (Å²) in [6, 6.07) is 3.38. The average molecular weight is 310 g/mol. The number of hydrogen-bond donors (Lipinski definition) is 1. The van der Waals surface area contributed by atoms with Gasteiger partial charge < -0.3 is 5.32 Å². The molecule has 1 aromatic heterocycles. The molecule has 0 aliphatic carbocycles. The molecule has 1 aliphatic rings. The molecule has 0 saturated carbocycles. The van der Waals surface area contributed by atoms with Crippen LogP contribution < -0.4 is 5.32 Å². The predicted octanol–water partition coefficient (Wildman–Crippen LogP) is 1.27. The Morgan fingerprint density at radius 1 is 1.60 bits per heavy atom. The van der Waals surface area contributed by atoms with Crippen molar-refractivity contribution >= 4 is 33.2 Å². The Morgan fingerprint density at radius 3 is 2.85 bits per heavy atom. The Kier molecular flexibility index (Phi) is 4.26. The quantitative estimate of drug-likeness (QED) is 0.672. The lowest BCUT2D eigenvalue weighted by atomic mass is 10.1. The summed E-state index contributed by atoms with van der Waals surface area (Å²) in [7, 11) is -3.05. The normalized spacial score (nSPS) is 21.4. The van der Waals surface area contributed by atoms with E-state index in [1.165, 1.54) is 11.3 Å². The standard InChI is InChI=1S/C13H14N2O3S2/c1-9-2-4-19-12(9)6-10(7-14)13(16)15-11-3-5-20(17,18)8-11/h2,4,6,11H,3,5,8H2,1H3,(H,15,16). The maximum atomic E-state index is 12.0. The third kappa shape index (κ3) is 3.46. The van der Waals surface area contributed by atoms with Gasteiger partial charge in [0.25, 0.3) is 5.91 Å². The highest BCUT2D eigenvalue weighted by Gasteiger charge is 2.29. The maximum Gasteiger partial charge on any atom is 0.262 e. The first kappa shape index (κ1) is 14.8. The molecule has 1 aromatic rings. The van der Waals surface area contributed by atoms with Crippen LogP contribution in [0, 0.1) is 18.3 Å². The molecule has 1 aliphatic heterocycles. The lowest BCUT2D eigenvalue weighted by Crippen LogP contribution is -2.36. The van der Waals surface area contributed by atoms with E-state index in [2.05, 4.69) is 5.32 Å². The summed E-state index contributed by atoms with van der Waals surface area (Å²) in [6.07, 6.45) is 1.95. The number of hydrogen-bond acceptors (Lipinski definition) is 5. The Labute approximate surface area is 121 Å². The second-order valence-electron chi connectivity index (χ2n) is 4.71. The van der Waals surface area contributed by atoms with Gasteiger partial charge >= 0.3 is 0 Å². The molecule has 2 heterocycles. The van der Waals surface area contributed by atoms with E-state index in [0.29, 0.717) is 6.42 Å². The molecule has 1 atom stereocenters. The third-order valence-electron chi connectivity index (χ3n) is 3.11. The molecule has 1 unspecified atom stereocenters. The Balaban J connectivity index is 2.10. The fourth-order valence-electron chi connectivity index (χ4n) is 1.98. The summed E-state index contributed by atoms with van der Waals surface area (Å²) in [5.41, 5.74) is 0.999.